The molecule has 0 spiro atoms. The maximum Gasteiger partial charge on any atom is 0.191 e. The van der Waals surface area contributed by atoms with Crippen molar-refractivity contribution < 1.29 is 0 Å². The van der Waals surface area contributed by atoms with Gasteiger partial charge in [-0.15, -0.1) is 0 Å². The monoisotopic (exact) mass is 314 g/mol. The molecule has 0 aromatic heterocycles. The molecule has 4 nitrogen and oxygen atoms in total. The van der Waals surface area contributed by atoms with Crippen molar-refractivity contribution in [2.24, 2.45) is 10.9 Å². The Balaban J connectivity index is 1.64. The Morgan fingerprint density at radius 1 is 1.26 bits per heavy atom. The molecular weight excluding hydrogens is 284 g/mol. The van der Waals surface area contributed by atoms with Gasteiger partial charge in [-0.3, -0.25) is 9.89 Å². The molecule has 1 heterocycles. The fourth-order valence-electron chi connectivity index (χ4n) is 3.39. The Morgan fingerprint density at radius 3 is 2.48 bits per heavy atom. The van der Waals surface area contributed by atoms with Crippen molar-refractivity contribution in [3.8, 4) is 0 Å². The van der Waals surface area contributed by atoms with Gasteiger partial charge in [0, 0.05) is 19.6 Å². The number of benzene rings is 1. The molecular formula is C19H30N4. The Hall–Kier alpha value is -1.55. The number of aryl methyl sites for hydroxylation is 1. The van der Waals surface area contributed by atoms with Gasteiger partial charge in [-0.2, -0.15) is 0 Å². The van der Waals surface area contributed by atoms with Crippen LogP contribution in [0.3, 0.4) is 0 Å². The molecule has 0 radical (unpaired) electrons. The Bertz CT molecular complexity index is 531. The van der Waals surface area contributed by atoms with E-state index in [1.807, 2.05) is 7.05 Å². The predicted molar refractivity (Wildman–Crippen MR) is 96.8 cm³/mol. The summed E-state index contributed by atoms with van der Waals surface area (Å²) in [6.45, 7) is 7.74. The highest BCUT2D eigenvalue weighted by molar-refractivity contribution is 5.80. The zero-order valence-electron chi connectivity index (χ0n) is 14.7. The molecule has 1 saturated heterocycles. The minimum absolute atomic E-state index is 0.424. The van der Waals surface area contributed by atoms with Crippen molar-refractivity contribution >= 4 is 5.96 Å². The summed E-state index contributed by atoms with van der Waals surface area (Å²) in [6, 6.07) is 10.0. The van der Waals surface area contributed by atoms with Crippen LogP contribution in [-0.4, -0.2) is 43.6 Å². The third-order valence-electron chi connectivity index (χ3n) is 5.16. The number of aliphatic imine (C=N–C) groups is 1. The van der Waals surface area contributed by atoms with Gasteiger partial charge >= 0.3 is 0 Å². The van der Waals surface area contributed by atoms with Crippen molar-refractivity contribution in [3.05, 3.63) is 35.4 Å². The first-order valence-corrected chi connectivity index (χ1v) is 8.95. The van der Waals surface area contributed by atoms with Crippen LogP contribution in [0.5, 0.6) is 0 Å². The van der Waals surface area contributed by atoms with E-state index in [4.69, 9.17) is 0 Å². The number of likely N-dealkylation sites (tertiary alicyclic amines) is 1. The van der Waals surface area contributed by atoms with Gasteiger partial charge < -0.3 is 10.6 Å². The van der Waals surface area contributed by atoms with Crippen molar-refractivity contribution in [2.45, 2.75) is 45.2 Å². The average Bonchev–Trinajstić information content (AvgIpc) is 3.02. The zero-order valence-corrected chi connectivity index (χ0v) is 14.7. The summed E-state index contributed by atoms with van der Waals surface area (Å²) in [5.74, 6) is 1.72. The summed E-state index contributed by atoms with van der Waals surface area (Å²) in [7, 11) is 1.86. The van der Waals surface area contributed by atoms with E-state index >= 15 is 0 Å². The minimum Gasteiger partial charge on any atom is -0.354 e. The molecule has 4 heteroatoms. The number of guanidine groups is 1. The number of hydrogen-bond donors (Lipinski definition) is 2. The van der Waals surface area contributed by atoms with Gasteiger partial charge in [0.15, 0.2) is 5.96 Å². The predicted octanol–water partition coefficient (Wildman–Crippen LogP) is 2.71. The van der Waals surface area contributed by atoms with Crippen molar-refractivity contribution in [1.82, 2.24) is 15.5 Å². The van der Waals surface area contributed by atoms with Gasteiger partial charge in [-0.25, -0.2) is 0 Å². The Kier molecular flexibility index (Phi) is 5.21. The minimum atomic E-state index is 0.424. The molecule has 1 aromatic carbocycles. The first-order valence-electron chi connectivity index (χ1n) is 8.95. The maximum atomic E-state index is 4.38. The van der Waals surface area contributed by atoms with Crippen molar-refractivity contribution in [2.75, 3.05) is 26.7 Å². The lowest BCUT2D eigenvalue weighted by Gasteiger charge is -2.29. The second-order valence-electron chi connectivity index (χ2n) is 7.09. The topological polar surface area (TPSA) is 39.7 Å². The maximum absolute atomic E-state index is 4.38. The standard InChI is InChI=1S/C19H30N4/c1-14-6-8-16(9-7-14)18(23-10-4-5-11-23)13-21-19(20-3)22-17-12-15(17)2/h6-9,15,17-18H,4-5,10-13H2,1-3H3,(H2,20,21,22). The molecule has 2 fully saturated rings. The highest BCUT2D eigenvalue weighted by Gasteiger charge is 2.33. The third-order valence-corrected chi connectivity index (χ3v) is 5.16. The molecule has 2 aliphatic rings. The lowest BCUT2D eigenvalue weighted by molar-refractivity contribution is 0.245. The summed E-state index contributed by atoms with van der Waals surface area (Å²) in [6.07, 6.45) is 3.89. The van der Waals surface area contributed by atoms with Crippen molar-refractivity contribution in [1.29, 1.82) is 0 Å². The fourth-order valence-corrected chi connectivity index (χ4v) is 3.39. The van der Waals surface area contributed by atoms with Gasteiger partial charge in [-0.1, -0.05) is 36.8 Å². The molecule has 3 unspecified atom stereocenters. The van der Waals surface area contributed by atoms with Crippen LogP contribution in [0.25, 0.3) is 0 Å². The molecule has 1 aliphatic heterocycles. The van der Waals surface area contributed by atoms with E-state index in [0.717, 1.165) is 18.4 Å². The molecule has 2 N–H and O–H groups in total. The molecule has 23 heavy (non-hydrogen) atoms. The van der Waals surface area contributed by atoms with Crippen LogP contribution < -0.4 is 10.6 Å². The van der Waals surface area contributed by atoms with Crippen LogP contribution in [0, 0.1) is 12.8 Å². The largest absolute Gasteiger partial charge is 0.354 e. The van der Waals surface area contributed by atoms with Crippen LogP contribution in [0.15, 0.2) is 29.3 Å². The van der Waals surface area contributed by atoms with Crippen LogP contribution in [-0.2, 0) is 0 Å². The SMILES string of the molecule is CN=C(NCC(c1ccc(C)cc1)N1CCCC1)NC1CC1C. The molecule has 3 atom stereocenters. The first kappa shape index (κ1) is 16.3. The van der Waals surface area contributed by atoms with E-state index in [0.29, 0.717) is 12.1 Å². The number of nitrogens with one attached hydrogen (secondary N) is 2. The quantitative estimate of drug-likeness (QED) is 0.648. The average molecular weight is 314 g/mol. The van der Waals surface area contributed by atoms with Crippen LogP contribution >= 0.6 is 0 Å². The smallest absolute Gasteiger partial charge is 0.191 e. The summed E-state index contributed by atoms with van der Waals surface area (Å²) in [4.78, 5) is 6.99. The van der Waals surface area contributed by atoms with Gasteiger partial charge in [0.1, 0.15) is 0 Å². The molecule has 0 bridgehead atoms. The fraction of sp³-hybridized carbons (Fsp3) is 0.632. The van der Waals surface area contributed by atoms with E-state index in [-0.39, 0.29) is 0 Å². The molecule has 3 rings (SSSR count). The van der Waals surface area contributed by atoms with Gasteiger partial charge in [-0.05, 0) is 50.8 Å². The summed E-state index contributed by atoms with van der Waals surface area (Å²) >= 11 is 0. The number of hydrogen-bond acceptors (Lipinski definition) is 2. The van der Waals surface area contributed by atoms with E-state index in [9.17, 15) is 0 Å². The van der Waals surface area contributed by atoms with E-state index in [1.54, 1.807) is 0 Å². The van der Waals surface area contributed by atoms with Crippen molar-refractivity contribution in [3.63, 3.8) is 0 Å². The summed E-state index contributed by atoms with van der Waals surface area (Å²) in [5, 5.41) is 7.07. The Labute approximate surface area is 140 Å². The second kappa shape index (κ2) is 7.35. The highest BCUT2D eigenvalue weighted by atomic mass is 15.2. The number of rotatable bonds is 5. The summed E-state index contributed by atoms with van der Waals surface area (Å²) in [5.41, 5.74) is 2.72. The van der Waals surface area contributed by atoms with Gasteiger partial charge in [0.2, 0.25) is 0 Å². The lowest BCUT2D eigenvalue weighted by Crippen LogP contribution is -2.43. The van der Waals surface area contributed by atoms with Crippen LogP contribution in [0.1, 0.15) is 43.4 Å². The molecule has 0 amide bonds. The normalized spacial score (nSPS) is 26.1. The zero-order chi connectivity index (χ0) is 16.2. The van der Waals surface area contributed by atoms with E-state index in [1.165, 1.54) is 43.5 Å². The number of nitrogens with zero attached hydrogens (tertiary/aromatic N) is 2. The third kappa shape index (κ3) is 4.25. The molecule has 126 valence electrons. The molecule has 1 aromatic rings. The highest BCUT2D eigenvalue weighted by Crippen LogP contribution is 2.29. The summed E-state index contributed by atoms with van der Waals surface area (Å²) < 4.78 is 0. The van der Waals surface area contributed by atoms with Crippen LogP contribution in [0.2, 0.25) is 0 Å². The van der Waals surface area contributed by atoms with Gasteiger partial charge in [0.05, 0.1) is 6.04 Å². The molecule has 1 saturated carbocycles. The molecule has 1 aliphatic carbocycles. The van der Waals surface area contributed by atoms with E-state index < -0.39 is 0 Å². The van der Waals surface area contributed by atoms with E-state index in [2.05, 4.69) is 58.6 Å². The van der Waals surface area contributed by atoms with Crippen LogP contribution in [0.4, 0.5) is 0 Å². The van der Waals surface area contributed by atoms with Gasteiger partial charge in [0.25, 0.3) is 0 Å². The Morgan fingerprint density at radius 2 is 1.91 bits per heavy atom. The first-order chi connectivity index (χ1) is 11.2. The second-order valence-corrected chi connectivity index (χ2v) is 7.09. The lowest BCUT2D eigenvalue weighted by atomic mass is 10.0.